The SMILES string of the molecule is CNC(CSC(C)(C)C)Cc1ccc(O)cc1. The van der Waals surface area contributed by atoms with E-state index in [2.05, 4.69) is 26.1 Å². The maximum Gasteiger partial charge on any atom is 0.115 e. The van der Waals surface area contributed by atoms with Crippen LogP contribution in [0.3, 0.4) is 0 Å². The Morgan fingerprint density at radius 2 is 1.82 bits per heavy atom. The minimum absolute atomic E-state index is 0.310. The average molecular weight is 253 g/mol. The third-order valence-electron chi connectivity index (χ3n) is 2.54. The molecular formula is C14H23NOS. The van der Waals surface area contributed by atoms with Crippen molar-refractivity contribution in [2.75, 3.05) is 12.8 Å². The van der Waals surface area contributed by atoms with Crippen molar-refractivity contribution in [3.8, 4) is 5.75 Å². The Morgan fingerprint density at radius 1 is 1.24 bits per heavy atom. The first-order chi connectivity index (χ1) is 7.90. The fraction of sp³-hybridized carbons (Fsp3) is 0.571. The van der Waals surface area contributed by atoms with Crippen LogP contribution in [-0.2, 0) is 6.42 Å². The van der Waals surface area contributed by atoms with Crippen LogP contribution in [0.25, 0.3) is 0 Å². The van der Waals surface area contributed by atoms with Crippen LogP contribution in [0, 0.1) is 0 Å². The number of hydrogen-bond donors (Lipinski definition) is 2. The predicted octanol–water partition coefficient (Wildman–Crippen LogP) is 3.05. The zero-order valence-corrected chi connectivity index (χ0v) is 12.0. The fourth-order valence-corrected chi connectivity index (χ4v) is 2.50. The third-order valence-corrected chi connectivity index (χ3v) is 3.98. The molecule has 1 atom stereocenters. The van der Waals surface area contributed by atoms with E-state index in [0.29, 0.717) is 16.5 Å². The standard InChI is InChI=1S/C14H23NOS/c1-14(2,3)17-10-12(15-4)9-11-5-7-13(16)8-6-11/h5-8,12,15-16H,9-10H2,1-4H3. The second-order valence-corrected chi connectivity index (χ2v) is 7.13. The molecule has 96 valence electrons. The van der Waals surface area contributed by atoms with E-state index in [9.17, 15) is 5.11 Å². The number of benzene rings is 1. The van der Waals surface area contributed by atoms with Gasteiger partial charge in [-0.1, -0.05) is 32.9 Å². The highest BCUT2D eigenvalue weighted by atomic mass is 32.2. The molecule has 0 aliphatic carbocycles. The molecule has 0 aliphatic heterocycles. The molecule has 1 unspecified atom stereocenters. The topological polar surface area (TPSA) is 32.3 Å². The fourth-order valence-electron chi connectivity index (χ4n) is 1.51. The molecule has 1 rings (SSSR count). The van der Waals surface area contributed by atoms with Crippen LogP contribution >= 0.6 is 11.8 Å². The molecule has 0 bridgehead atoms. The first kappa shape index (κ1) is 14.4. The van der Waals surface area contributed by atoms with Gasteiger partial charge in [-0.3, -0.25) is 0 Å². The van der Waals surface area contributed by atoms with Gasteiger partial charge in [0.2, 0.25) is 0 Å². The molecule has 3 heteroatoms. The summed E-state index contributed by atoms with van der Waals surface area (Å²) in [6, 6.07) is 7.95. The van der Waals surface area contributed by atoms with Crippen LogP contribution in [0.15, 0.2) is 24.3 Å². The van der Waals surface area contributed by atoms with E-state index in [1.54, 1.807) is 12.1 Å². The van der Waals surface area contributed by atoms with Crippen LogP contribution in [0.2, 0.25) is 0 Å². The van der Waals surface area contributed by atoms with Crippen LogP contribution in [0.4, 0.5) is 0 Å². The van der Waals surface area contributed by atoms with Gasteiger partial charge in [0, 0.05) is 16.5 Å². The number of nitrogens with one attached hydrogen (secondary N) is 1. The lowest BCUT2D eigenvalue weighted by molar-refractivity contribution is 0.475. The average Bonchev–Trinajstić information content (AvgIpc) is 2.25. The van der Waals surface area contributed by atoms with Crippen molar-refractivity contribution < 1.29 is 5.11 Å². The first-order valence-electron chi connectivity index (χ1n) is 6.00. The summed E-state index contributed by atoms with van der Waals surface area (Å²) in [5.74, 6) is 1.43. The Bertz CT molecular complexity index is 329. The second-order valence-electron chi connectivity index (χ2n) is 5.28. The molecule has 0 saturated heterocycles. The zero-order chi connectivity index (χ0) is 12.9. The molecule has 0 fully saturated rings. The van der Waals surface area contributed by atoms with Gasteiger partial charge in [0.15, 0.2) is 0 Å². The number of phenolic OH excluding ortho intramolecular Hbond substituents is 1. The van der Waals surface area contributed by atoms with Crippen molar-refractivity contribution in [1.82, 2.24) is 5.32 Å². The molecule has 0 heterocycles. The molecule has 0 aromatic heterocycles. The molecule has 1 aromatic carbocycles. The van der Waals surface area contributed by atoms with E-state index >= 15 is 0 Å². The van der Waals surface area contributed by atoms with E-state index in [-0.39, 0.29) is 0 Å². The smallest absolute Gasteiger partial charge is 0.115 e. The predicted molar refractivity (Wildman–Crippen MR) is 76.9 cm³/mol. The molecule has 1 aromatic rings. The number of phenols is 1. The second kappa shape index (κ2) is 6.31. The van der Waals surface area contributed by atoms with Gasteiger partial charge in [-0.25, -0.2) is 0 Å². The molecule has 2 N–H and O–H groups in total. The lowest BCUT2D eigenvalue weighted by atomic mass is 10.1. The highest BCUT2D eigenvalue weighted by Crippen LogP contribution is 2.24. The summed E-state index contributed by atoms with van der Waals surface area (Å²) in [4.78, 5) is 0. The highest BCUT2D eigenvalue weighted by Gasteiger charge is 2.14. The van der Waals surface area contributed by atoms with Crippen molar-refractivity contribution in [2.24, 2.45) is 0 Å². The Kier molecular flexibility index (Phi) is 5.34. The summed E-state index contributed by atoms with van der Waals surface area (Å²) in [6.07, 6.45) is 1.000. The highest BCUT2D eigenvalue weighted by molar-refractivity contribution is 8.00. The van der Waals surface area contributed by atoms with Gasteiger partial charge in [-0.2, -0.15) is 11.8 Å². The summed E-state index contributed by atoms with van der Waals surface area (Å²) in [5, 5.41) is 12.6. The van der Waals surface area contributed by atoms with Crippen molar-refractivity contribution >= 4 is 11.8 Å². The summed E-state index contributed by atoms with van der Waals surface area (Å²) in [7, 11) is 2.01. The largest absolute Gasteiger partial charge is 0.508 e. The normalized spacial score (nSPS) is 13.6. The Morgan fingerprint density at radius 3 is 2.29 bits per heavy atom. The first-order valence-corrected chi connectivity index (χ1v) is 6.98. The van der Waals surface area contributed by atoms with Gasteiger partial charge < -0.3 is 10.4 Å². The van der Waals surface area contributed by atoms with Gasteiger partial charge >= 0.3 is 0 Å². The number of likely N-dealkylation sites (N-methyl/N-ethyl adjacent to an activating group) is 1. The number of hydrogen-bond acceptors (Lipinski definition) is 3. The van der Waals surface area contributed by atoms with Crippen molar-refractivity contribution in [1.29, 1.82) is 0 Å². The van der Waals surface area contributed by atoms with E-state index in [4.69, 9.17) is 0 Å². The monoisotopic (exact) mass is 253 g/mol. The van der Waals surface area contributed by atoms with Crippen LogP contribution in [0.5, 0.6) is 5.75 Å². The summed E-state index contributed by atoms with van der Waals surface area (Å²) in [5.41, 5.74) is 1.26. The van der Waals surface area contributed by atoms with E-state index in [1.165, 1.54) is 5.56 Å². The molecular weight excluding hydrogens is 230 g/mol. The lowest BCUT2D eigenvalue weighted by Crippen LogP contribution is -2.31. The van der Waals surface area contributed by atoms with Gasteiger partial charge in [0.05, 0.1) is 0 Å². The molecule has 2 nitrogen and oxygen atoms in total. The van der Waals surface area contributed by atoms with Gasteiger partial charge in [-0.05, 0) is 31.2 Å². The van der Waals surface area contributed by atoms with Gasteiger partial charge in [0.1, 0.15) is 5.75 Å². The number of rotatable bonds is 5. The van der Waals surface area contributed by atoms with Gasteiger partial charge in [-0.15, -0.1) is 0 Å². The Labute approximate surface area is 109 Å². The summed E-state index contributed by atoms with van der Waals surface area (Å²) in [6.45, 7) is 6.72. The van der Waals surface area contributed by atoms with Crippen molar-refractivity contribution in [3.63, 3.8) is 0 Å². The Balaban J connectivity index is 2.49. The van der Waals surface area contributed by atoms with Crippen molar-refractivity contribution in [2.45, 2.75) is 38.0 Å². The molecule has 0 spiro atoms. The maximum absolute atomic E-state index is 9.24. The minimum Gasteiger partial charge on any atom is -0.508 e. The molecule has 0 aliphatic rings. The molecule has 0 amide bonds. The number of thioether (sulfide) groups is 1. The third kappa shape index (κ3) is 5.99. The zero-order valence-electron chi connectivity index (χ0n) is 11.2. The van der Waals surface area contributed by atoms with Crippen LogP contribution < -0.4 is 5.32 Å². The lowest BCUT2D eigenvalue weighted by Gasteiger charge is -2.22. The summed E-state index contributed by atoms with van der Waals surface area (Å²) >= 11 is 1.98. The Hall–Kier alpha value is -0.670. The van der Waals surface area contributed by atoms with E-state index in [0.717, 1.165) is 12.2 Å². The molecule has 0 saturated carbocycles. The minimum atomic E-state index is 0.310. The summed E-state index contributed by atoms with van der Waals surface area (Å²) < 4.78 is 0.310. The van der Waals surface area contributed by atoms with Gasteiger partial charge in [0.25, 0.3) is 0 Å². The quantitative estimate of drug-likeness (QED) is 0.846. The van der Waals surface area contributed by atoms with E-state index in [1.807, 2.05) is 30.9 Å². The molecule has 17 heavy (non-hydrogen) atoms. The van der Waals surface area contributed by atoms with Crippen LogP contribution in [-0.4, -0.2) is 28.7 Å². The van der Waals surface area contributed by atoms with Crippen molar-refractivity contribution in [3.05, 3.63) is 29.8 Å². The van der Waals surface area contributed by atoms with E-state index < -0.39 is 0 Å². The maximum atomic E-state index is 9.24. The number of aromatic hydroxyl groups is 1. The van der Waals surface area contributed by atoms with Crippen LogP contribution in [0.1, 0.15) is 26.3 Å². The molecule has 0 radical (unpaired) electrons.